The van der Waals surface area contributed by atoms with Crippen LogP contribution in [0.25, 0.3) is 6.08 Å². The van der Waals surface area contributed by atoms with Crippen LogP contribution in [-0.2, 0) is 5.41 Å². The van der Waals surface area contributed by atoms with E-state index >= 15 is 0 Å². The minimum absolute atomic E-state index is 0.00167. The average Bonchev–Trinajstić information content (AvgIpc) is 2.80. The van der Waals surface area contributed by atoms with E-state index in [1.54, 1.807) is 0 Å². The normalized spacial score (nSPS) is 43.9. The number of aromatic hydroxyl groups is 2. The predicted octanol–water partition coefficient (Wildman–Crippen LogP) is 6.39. The van der Waals surface area contributed by atoms with E-state index in [4.69, 9.17) is 5.73 Å². The molecule has 0 aromatic heterocycles. The lowest BCUT2D eigenvalue weighted by Crippen LogP contribution is -2.65. The molecule has 1 aromatic rings. The van der Waals surface area contributed by atoms with Crippen LogP contribution in [-0.4, -0.2) is 22.8 Å². The van der Waals surface area contributed by atoms with Crippen molar-refractivity contribution in [1.29, 1.82) is 0 Å². The minimum Gasteiger partial charge on any atom is -0.504 e. The number of phenols is 2. The second-order valence-corrected chi connectivity index (χ2v) is 13.9. The Balaban J connectivity index is 1.56. The van der Waals surface area contributed by atoms with Gasteiger partial charge in [-0.3, -0.25) is 0 Å². The molecule has 5 rings (SSSR count). The summed E-state index contributed by atoms with van der Waals surface area (Å²) in [7, 11) is 0. The largest absolute Gasteiger partial charge is 0.504 e. The zero-order chi connectivity index (χ0) is 25.6. The number of rotatable bonds is 2. The summed E-state index contributed by atoms with van der Waals surface area (Å²) < 4.78 is 0. The zero-order valence-electron chi connectivity index (χ0n) is 22.4. The topological polar surface area (TPSA) is 95.6 Å². The number of nitrogens with two attached hydrogens (primary N) is 1. The van der Waals surface area contributed by atoms with Crippen LogP contribution >= 0.6 is 0 Å². The molecule has 2 amide bonds. The van der Waals surface area contributed by atoms with Gasteiger partial charge in [-0.2, -0.15) is 0 Å². The van der Waals surface area contributed by atoms with E-state index in [0.717, 1.165) is 36.8 Å². The van der Waals surface area contributed by atoms with Crippen LogP contribution in [0, 0.1) is 40.4 Å². The number of benzene rings is 1. The van der Waals surface area contributed by atoms with E-state index in [0.29, 0.717) is 23.8 Å². The molecule has 0 heterocycles. The number of carbonyl (C=O) groups is 1. The van der Waals surface area contributed by atoms with Gasteiger partial charge in [-0.1, -0.05) is 46.8 Å². The minimum atomic E-state index is -0.428. The standard InChI is InChI=1S/C30H44N2O3/c1-18-19-7-8-22-28(4,20(19)15-21(33)24(18)34)12-14-30(6)23-16-26(2,17-32-25(31)35)9-10-27(23,3)11-13-29(22,30)5/h7-8,15,22-23,33-34H,9-14,16-17H2,1-6H3,(H3,31,32,35). The number of allylic oxidation sites excluding steroid dienone is 1. The number of urea groups is 1. The van der Waals surface area contributed by atoms with Crippen molar-refractivity contribution in [3.05, 3.63) is 28.8 Å². The lowest BCUT2D eigenvalue weighted by molar-refractivity contribution is -0.198. The van der Waals surface area contributed by atoms with E-state index in [-0.39, 0.29) is 33.2 Å². The maximum Gasteiger partial charge on any atom is 0.312 e. The smallest absolute Gasteiger partial charge is 0.312 e. The molecule has 3 fully saturated rings. The van der Waals surface area contributed by atoms with Crippen molar-refractivity contribution >= 4 is 12.1 Å². The van der Waals surface area contributed by atoms with Crippen molar-refractivity contribution in [3.63, 3.8) is 0 Å². The second-order valence-electron chi connectivity index (χ2n) is 13.9. The van der Waals surface area contributed by atoms with Crippen LogP contribution in [0.3, 0.4) is 0 Å². The molecule has 0 radical (unpaired) electrons. The number of hydrogen-bond acceptors (Lipinski definition) is 3. The Labute approximate surface area is 210 Å². The van der Waals surface area contributed by atoms with Crippen molar-refractivity contribution in [2.45, 2.75) is 91.9 Å². The van der Waals surface area contributed by atoms with Gasteiger partial charge < -0.3 is 21.3 Å². The first-order valence-corrected chi connectivity index (χ1v) is 13.5. The highest BCUT2D eigenvalue weighted by atomic mass is 16.3. The number of primary amides is 1. The molecule has 7 unspecified atom stereocenters. The van der Waals surface area contributed by atoms with Gasteiger partial charge in [0, 0.05) is 17.5 Å². The van der Waals surface area contributed by atoms with E-state index < -0.39 is 6.03 Å². The van der Waals surface area contributed by atoms with E-state index in [9.17, 15) is 15.0 Å². The first-order valence-electron chi connectivity index (χ1n) is 13.5. The molecule has 5 nitrogen and oxygen atoms in total. The molecular weight excluding hydrogens is 436 g/mol. The third kappa shape index (κ3) is 3.22. The summed E-state index contributed by atoms with van der Waals surface area (Å²) in [6.45, 7) is 14.9. The van der Waals surface area contributed by atoms with Crippen LogP contribution in [0.1, 0.15) is 96.3 Å². The predicted molar refractivity (Wildman–Crippen MR) is 140 cm³/mol. The number of hydrogen-bond donors (Lipinski definition) is 4. The molecule has 3 saturated carbocycles. The highest BCUT2D eigenvalue weighted by molar-refractivity contribution is 5.71. The van der Waals surface area contributed by atoms with Gasteiger partial charge in [-0.25, -0.2) is 4.79 Å². The SMILES string of the molecule is Cc1c(O)c(O)cc2c1C=CC1C2(C)CCC2(C)C3CC(C)(CNC(N)=O)CCC3(C)CCC12C. The molecule has 0 saturated heterocycles. The first-order chi connectivity index (χ1) is 16.2. The molecule has 4 aliphatic carbocycles. The van der Waals surface area contributed by atoms with Crippen molar-refractivity contribution in [2.75, 3.05) is 6.54 Å². The van der Waals surface area contributed by atoms with E-state index in [1.807, 2.05) is 13.0 Å². The molecular formula is C30H44N2O3. The molecule has 5 N–H and O–H groups in total. The van der Waals surface area contributed by atoms with Gasteiger partial charge in [-0.15, -0.1) is 0 Å². The maximum absolute atomic E-state index is 11.5. The number of carbonyl (C=O) groups excluding carboxylic acids is 1. The van der Waals surface area contributed by atoms with Crippen molar-refractivity contribution in [1.82, 2.24) is 5.32 Å². The van der Waals surface area contributed by atoms with Gasteiger partial charge in [0.2, 0.25) is 0 Å². The summed E-state index contributed by atoms with van der Waals surface area (Å²) in [5.41, 5.74) is 9.10. The Bertz CT molecular complexity index is 1110. The van der Waals surface area contributed by atoms with Crippen molar-refractivity contribution in [2.24, 2.45) is 39.2 Å². The third-order valence-electron chi connectivity index (χ3n) is 12.0. The van der Waals surface area contributed by atoms with Gasteiger partial charge in [0.25, 0.3) is 0 Å². The zero-order valence-corrected chi connectivity index (χ0v) is 22.4. The average molecular weight is 481 g/mol. The van der Waals surface area contributed by atoms with Gasteiger partial charge >= 0.3 is 6.03 Å². The van der Waals surface area contributed by atoms with Gasteiger partial charge in [0.1, 0.15) is 0 Å². The summed E-state index contributed by atoms with van der Waals surface area (Å²) in [5.74, 6) is 0.945. The van der Waals surface area contributed by atoms with Crippen LogP contribution in [0.15, 0.2) is 12.1 Å². The Morgan fingerprint density at radius 2 is 1.69 bits per heavy atom. The first kappa shape index (κ1) is 24.5. The quantitative estimate of drug-likeness (QED) is 0.369. The van der Waals surface area contributed by atoms with E-state index in [2.05, 4.69) is 52.1 Å². The summed E-state index contributed by atoms with van der Waals surface area (Å²) in [4.78, 5) is 11.5. The lowest BCUT2D eigenvalue weighted by atomic mass is 9.33. The lowest BCUT2D eigenvalue weighted by Gasteiger charge is -2.71. The molecule has 4 aliphatic rings. The summed E-state index contributed by atoms with van der Waals surface area (Å²) in [5, 5.41) is 23.8. The number of phenolic OH excluding ortho intramolecular Hbond substituents is 2. The molecule has 5 heteroatoms. The number of amides is 2. The highest BCUT2D eigenvalue weighted by Gasteiger charge is 2.67. The molecule has 0 bridgehead atoms. The molecule has 0 spiro atoms. The number of fused-ring (bicyclic) bond motifs is 7. The van der Waals surface area contributed by atoms with Gasteiger partial charge in [0.05, 0.1) is 0 Å². The summed E-state index contributed by atoms with van der Waals surface area (Å²) in [6, 6.07) is 1.41. The molecule has 192 valence electrons. The fourth-order valence-electron chi connectivity index (χ4n) is 9.35. The fraction of sp³-hybridized carbons (Fsp3) is 0.700. The molecule has 35 heavy (non-hydrogen) atoms. The Morgan fingerprint density at radius 1 is 1.03 bits per heavy atom. The van der Waals surface area contributed by atoms with Crippen LogP contribution in [0.2, 0.25) is 0 Å². The monoisotopic (exact) mass is 480 g/mol. The Kier molecular flexibility index (Phi) is 5.20. The van der Waals surface area contributed by atoms with Gasteiger partial charge in [-0.05, 0) is 103 Å². The number of nitrogens with one attached hydrogen (secondary N) is 1. The van der Waals surface area contributed by atoms with Crippen molar-refractivity contribution in [3.8, 4) is 11.5 Å². The molecule has 0 aliphatic heterocycles. The van der Waals surface area contributed by atoms with Crippen LogP contribution in [0.5, 0.6) is 11.5 Å². The fourth-order valence-corrected chi connectivity index (χ4v) is 9.35. The van der Waals surface area contributed by atoms with Gasteiger partial charge in [0.15, 0.2) is 11.5 Å². The van der Waals surface area contributed by atoms with Crippen molar-refractivity contribution < 1.29 is 15.0 Å². The third-order valence-corrected chi connectivity index (χ3v) is 12.0. The van der Waals surface area contributed by atoms with Crippen LogP contribution in [0.4, 0.5) is 4.79 Å². The summed E-state index contributed by atoms with van der Waals surface area (Å²) >= 11 is 0. The molecule has 1 aromatic carbocycles. The van der Waals surface area contributed by atoms with E-state index in [1.165, 1.54) is 24.8 Å². The maximum atomic E-state index is 11.5. The molecule has 7 atom stereocenters. The van der Waals surface area contributed by atoms with Crippen LogP contribution < -0.4 is 11.1 Å². The Morgan fingerprint density at radius 3 is 2.37 bits per heavy atom. The highest BCUT2D eigenvalue weighted by Crippen LogP contribution is 2.75. The summed E-state index contributed by atoms with van der Waals surface area (Å²) in [6.07, 6.45) is 12.7. The Hall–Kier alpha value is -2.17. The second kappa shape index (κ2) is 7.43.